The Kier molecular flexibility index (Phi) is 2.40. The molecule has 0 atom stereocenters. The lowest BCUT2D eigenvalue weighted by Gasteiger charge is -2.00. The largest absolute Gasteiger partial charge is 0.480 e. The van der Waals surface area contributed by atoms with Crippen molar-refractivity contribution in [3.63, 3.8) is 0 Å². The molecule has 2 aromatic rings. The van der Waals surface area contributed by atoms with E-state index in [2.05, 4.69) is 20.2 Å². The summed E-state index contributed by atoms with van der Waals surface area (Å²) < 4.78 is 4.90. The summed E-state index contributed by atoms with van der Waals surface area (Å²) in [5, 5.41) is 7.77. The van der Waals surface area contributed by atoms with Crippen LogP contribution in [-0.4, -0.2) is 27.3 Å². The number of aromatic nitrogens is 4. The molecule has 2 aromatic heterocycles. The van der Waals surface area contributed by atoms with Gasteiger partial charge in [-0.05, 0) is 12.1 Å². The minimum absolute atomic E-state index is 0.213. The fourth-order valence-corrected chi connectivity index (χ4v) is 1.08. The van der Waals surface area contributed by atoms with E-state index in [4.69, 9.17) is 10.5 Å². The van der Waals surface area contributed by atoms with Crippen LogP contribution in [-0.2, 0) is 0 Å². The lowest BCUT2D eigenvalue weighted by molar-refractivity contribution is 0.392. The number of nitrogen functional groups attached to an aromatic ring is 1. The second-order valence-corrected chi connectivity index (χ2v) is 2.76. The third-order valence-electron chi connectivity index (χ3n) is 1.79. The minimum atomic E-state index is 0.213. The third-order valence-corrected chi connectivity index (χ3v) is 1.79. The number of rotatable bonds is 2. The van der Waals surface area contributed by atoms with Crippen molar-refractivity contribution in [2.45, 2.75) is 0 Å². The van der Waals surface area contributed by atoms with Crippen molar-refractivity contribution >= 4 is 5.95 Å². The quantitative estimate of drug-likeness (QED) is 0.765. The molecule has 0 aliphatic rings. The first-order valence-electron chi connectivity index (χ1n) is 4.26. The van der Waals surface area contributed by atoms with Crippen molar-refractivity contribution in [2.24, 2.45) is 0 Å². The van der Waals surface area contributed by atoms with E-state index in [1.165, 1.54) is 7.11 Å². The van der Waals surface area contributed by atoms with Crippen LogP contribution in [0.1, 0.15) is 0 Å². The van der Waals surface area contributed by atoms with Crippen molar-refractivity contribution in [3.8, 4) is 17.3 Å². The fraction of sp³-hybridized carbons (Fsp3) is 0.111. The predicted octanol–water partition coefficient (Wildman–Crippen LogP) is 0.524. The zero-order chi connectivity index (χ0) is 10.7. The number of hydrogen-bond acceptors (Lipinski definition) is 6. The Bertz CT molecular complexity index is 456. The van der Waals surface area contributed by atoms with Crippen molar-refractivity contribution in [1.82, 2.24) is 20.2 Å². The number of hydrogen-bond donors (Lipinski definition) is 1. The summed E-state index contributed by atoms with van der Waals surface area (Å²) in [5.41, 5.74) is 6.72. The lowest BCUT2D eigenvalue weighted by atomic mass is 10.3. The molecule has 0 saturated carbocycles. The number of methoxy groups -OCH3 is 1. The molecule has 0 aliphatic carbocycles. The second kappa shape index (κ2) is 3.87. The van der Waals surface area contributed by atoms with E-state index in [0.29, 0.717) is 17.3 Å². The number of ether oxygens (including phenoxy) is 1. The first-order valence-corrected chi connectivity index (χ1v) is 4.26. The average molecular weight is 203 g/mol. The maximum absolute atomic E-state index is 5.46. The van der Waals surface area contributed by atoms with E-state index in [9.17, 15) is 0 Å². The number of nitrogens with zero attached hydrogens (tertiary/aromatic N) is 4. The van der Waals surface area contributed by atoms with Gasteiger partial charge in [0.2, 0.25) is 11.8 Å². The highest BCUT2D eigenvalue weighted by Crippen LogP contribution is 2.14. The normalized spacial score (nSPS) is 9.93. The molecule has 0 aromatic carbocycles. The van der Waals surface area contributed by atoms with Crippen molar-refractivity contribution in [3.05, 3.63) is 24.4 Å². The van der Waals surface area contributed by atoms with E-state index >= 15 is 0 Å². The van der Waals surface area contributed by atoms with Crippen LogP contribution in [0, 0.1) is 0 Å². The number of nitrogens with two attached hydrogens (primary N) is 1. The Morgan fingerprint density at radius 1 is 1.13 bits per heavy atom. The highest BCUT2D eigenvalue weighted by atomic mass is 16.5. The lowest BCUT2D eigenvalue weighted by Crippen LogP contribution is -1.97. The molecule has 15 heavy (non-hydrogen) atoms. The number of anilines is 1. The summed E-state index contributed by atoms with van der Waals surface area (Å²) in [6.45, 7) is 0. The summed E-state index contributed by atoms with van der Waals surface area (Å²) in [7, 11) is 1.53. The van der Waals surface area contributed by atoms with Crippen LogP contribution in [0.5, 0.6) is 5.88 Å². The Balaban J connectivity index is 2.37. The summed E-state index contributed by atoms with van der Waals surface area (Å²) in [4.78, 5) is 7.82. The van der Waals surface area contributed by atoms with E-state index in [0.717, 1.165) is 0 Å². The van der Waals surface area contributed by atoms with Gasteiger partial charge in [0, 0.05) is 12.3 Å². The van der Waals surface area contributed by atoms with Gasteiger partial charge in [0.25, 0.3) is 0 Å². The van der Waals surface area contributed by atoms with Crippen molar-refractivity contribution in [2.75, 3.05) is 12.8 Å². The van der Waals surface area contributed by atoms with Gasteiger partial charge in [-0.2, -0.15) is 0 Å². The van der Waals surface area contributed by atoms with Crippen LogP contribution in [0.2, 0.25) is 0 Å². The van der Waals surface area contributed by atoms with Gasteiger partial charge < -0.3 is 10.5 Å². The molecule has 0 unspecified atom stereocenters. The maximum atomic E-state index is 5.46. The molecule has 2 rings (SSSR count). The maximum Gasteiger partial charge on any atom is 0.233 e. The van der Waals surface area contributed by atoms with E-state index in [1.54, 1.807) is 24.4 Å². The van der Waals surface area contributed by atoms with Crippen LogP contribution in [0.3, 0.4) is 0 Å². The summed E-state index contributed by atoms with van der Waals surface area (Å²) in [5.74, 6) is 0.672. The highest BCUT2D eigenvalue weighted by molar-refractivity contribution is 5.54. The molecule has 6 nitrogen and oxygen atoms in total. The highest BCUT2D eigenvalue weighted by Gasteiger charge is 2.02. The SMILES string of the molecule is COc1ccc(-c2ccnc(N)n2)nn1. The molecule has 0 bridgehead atoms. The zero-order valence-electron chi connectivity index (χ0n) is 8.08. The first-order chi connectivity index (χ1) is 7.29. The monoisotopic (exact) mass is 203 g/mol. The second-order valence-electron chi connectivity index (χ2n) is 2.76. The molecular formula is C9H9N5O. The van der Waals surface area contributed by atoms with Gasteiger partial charge in [0.1, 0.15) is 5.69 Å². The van der Waals surface area contributed by atoms with E-state index in [1.807, 2.05) is 0 Å². The van der Waals surface area contributed by atoms with Gasteiger partial charge >= 0.3 is 0 Å². The molecule has 0 fully saturated rings. The van der Waals surface area contributed by atoms with Crippen LogP contribution >= 0.6 is 0 Å². The standard InChI is InChI=1S/C9H9N5O/c1-15-8-3-2-7(13-14-8)6-4-5-11-9(10)12-6/h2-5H,1H3,(H2,10,11,12). The van der Waals surface area contributed by atoms with Crippen LogP contribution in [0.4, 0.5) is 5.95 Å². The van der Waals surface area contributed by atoms with Crippen molar-refractivity contribution in [1.29, 1.82) is 0 Å². The van der Waals surface area contributed by atoms with Crippen LogP contribution < -0.4 is 10.5 Å². The summed E-state index contributed by atoms with van der Waals surface area (Å²) >= 11 is 0. The topological polar surface area (TPSA) is 86.8 Å². The molecule has 0 amide bonds. The Morgan fingerprint density at radius 3 is 2.60 bits per heavy atom. The first kappa shape index (κ1) is 9.32. The van der Waals surface area contributed by atoms with Gasteiger partial charge in [0.15, 0.2) is 0 Å². The molecule has 0 saturated heterocycles. The molecule has 2 heterocycles. The molecule has 2 N–H and O–H groups in total. The molecule has 0 radical (unpaired) electrons. The van der Waals surface area contributed by atoms with Crippen molar-refractivity contribution < 1.29 is 4.74 Å². The molecule has 6 heteroatoms. The minimum Gasteiger partial charge on any atom is -0.480 e. The van der Waals surface area contributed by atoms with Gasteiger partial charge in [-0.25, -0.2) is 9.97 Å². The van der Waals surface area contributed by atoms with Gasteiger partial charge in [0.05, 0.1) is 12.8 Å². The van der Waals surface area contributed by atoms with E-state index in [-0.39, 0.29) is 5.95 Å². The van der Waals surface area contributed by atoms with Crippen LogP contribution in [0.25, 0.3) is 11.4 Å². The van der Waals surface area contributed by atoms with Crippen LogP contribution in [0.15, 0.2) is 24.4 Å². The Hall–Kier alpha value is -2.24. The van der Waals surface area contributed by atoms with E-state index < -0.39 is 0 Å². The average Bonchev–Trinajstić information content (AvgIpc) is 2.29. The van der Waals surface area contributed by atoms with Gasteiger partial charge in [-0.3, -0.25) is 0 Å². The zero-order valence-corrected chi connectivity index (χ0v) is 8.08. The van der Waals surface area contributed by atoms with Gasteiger partial charge in [-0.15, -0.1) is 10.2 Å². The molecular weight excluding hydrogens is 194 g/mol. The predicted molar refractivity (Wildman–Crippen MR) is 54.0 cm³/mol. The third kappa shape index (κ3) is 1.98. The fourth-order valence-electron chi connectivity index (χ4n) is 1.08. The smallest absolute Gasteiger partial charge is 0.233 e. The Morgan fingerprint density at radius 2 is 2.00 bits per heavy atom. The summed E-state index contributed by atoms with van der Waals surface area (Å²) in [6, 6.07) is 5.18. The van der Waals surface area contributed by atoms with Gasteiger partial charge in [-0.1, -0.05) is 0 Å². The molecule has 76 valence electrons. The molecule has 0 aliphatic heterocycles. The summed E-state index contributed by atoms with van der Waals surface area (Å²) in [6.07, 6.45) is 1.57. The molecule has 0 spiro atoms. The Labute approximate surface area is 86.2 Å².